The highest BCUT2D eigenvalue weighted by molar-refractivity contribution is 5.80. The second-order valence-electron chi connectivity index (χ2n) is 3.14. The van der Waals surface area contributed by atoms with Crippen molar-refractivity contribution in [1.82, 2.24) is 10.3 Å². The topological polar surface area (TPSA) is 42.0 Å². The molecule has 0 fully saturated rings. The Morgan fingerprint density at radius 3 is 3.00 bits per heavy atom. The van der Waals surface area contributed by atoms with E-state index < -0.39 is 0 Å². The molecule has 3 heteroatoms. The van der Waals surface area contributed by atoms with Gasteiger partial charge in [-0.1, -0.05) is 13.0 Å². The standard InChI is InChI=1S/C11H16N2O/c1-2-11(14)9-12-8-6-10-5-3-4-7-13-10/h3-5,7,12H,2,6,8-9H2,1H3. The molecule has 0 bridgehead atoms. The zero-order valence-corrected chi connectivity index (χ0v) is 8.49. The van der Waals surface area contributed by atoms with Gasteiger partial charge in [-0.2, -0.15) is 0 Å². The van der Waals surface area contributed by atoms with Gasteiger partial charge < -0.3 is 5.32 Å². The maximum absolute atomic E-state index is 10.9. The van der Waals surface area contributed by atoms with Gasteiger partial charge in [0.05, 0.1) is 6.54 Å². The van der Waals surface area contributed by atoms with Gasteiger partial charge in [0, 0.05) is 31.3 Å². The number of aromatic nitrogens is 1. The molecule has 0 unspecified atom stereocenters. The van der Waals surface area contributed by atoms with Crippen LogP contribution in [0.1, 0.15) is 19.0 Å². The molecule has 0 radical (unpaired) electrons. The van der Waals surface area contributed by atoms with E-state index >= 15 is 0 Å². The third-order valence-corrected chi connectivity index (χ3v) is 2.00. The van der Waals surface area contributed by atoms with Crippen LogP contribution in [-0.2, 0) is 11.2 Å². The van der Waals surface area contributed by atoms with E-state index in [0.717, 1.165) is 18.7 Å². The van der Waals surface area contributed by atoms with E-state index in [1.165, 1.54) is 0 Å². The first kappa shape index (κ1) is 10.9. The van der Waals surface area contributed by atoms with Gasteiger partial charge in [-0.05, 0) is 12.1 Å². The van der Waals surface area contributed by atoms with E-state index in [1.54, 1.807) is 6.20 Å². The lowest BCUT2D eigenvalue weighted by atomic mass is 10.2. The first-order valence-corrected chi connectivity index (χ1v) is 4.95. The number of pyridine rings is 1. The molecule has 1 heterocycles. The maximum Gasteiger partial charge on any atom is 0.146 e. The predicted octanol–water partition coefficient (Wildman–Crippen LogP) is 1.19. The van der Waals surface area contributed by atoms with Crippen LogP contribution in [0.3, 0.4) is 0 Å². The molecule has 0 saturated heterocycles. The maximum atomic E-state index is 10.9. The molecule has 0 saturated carbocycles. The van der Waals surface area contributed by atoms with Crippen LogP contribution < -0.4 is 5.32 Å². The average Bonchev–Trinajstić information content (AvgIpc) is 2.25. The Kier molecular flexibility index (Phi) is 4.86. The molecule has 0 spiro atoms. The zero-order valence-electron chi connectivity index (χ0n) is 8.49. The van der Waals surface area contributed by atoms with Gasteiger partial charge in [-0.3, -0.25) is 9.78 Å². The largest absolute Gasteiger partial charge is 0.310 e. The minimum Gasteiger partial charge on any atom is -0.310 e. The number of ketones is 1. The van der Waals surface area contributed by atoms with Crippen LogP contribution in [0.25, 0.3) is 0 Å². The zero-order chi connectivity index (χ0) is 10.2. The minimum absolute atomic E-state index is 0.256. The second-order valence-corrected chi connectivity index (χ2v) is 3.14. The SMILES string of the molecule is CCC(=O)CNCCc1ccccn1. The van der Waals surface area contributed by atoms with Gasteiger partial charge >= 0.3 is 0 Å². The fourth-order valence-electron chi connectivity index (χ4n) is 1.12. The lowest BCUT2D eigenvalue weighted by molar-refractivity contribution is -0.117. The van der Waals surface area contributed by atoms with Crippen LogP contribution in [0.5, 0.6) is 0 Å². The highest BCUT2D eigenvalue weighted by Crippen LogP contribution is 1.92. The molecule has 0 aliphatic rings. The smallest absolute Gasteiger partial charge is 0.146 e. The molecule has 1 aromatic rings. The van der Waals surface area contributed by atoms with Crippen molar-refractivity contribution in [3.05, 3.63) is 30.1 Å². The summed E-state index contributed by atoms with van der Waals surface area (Å²) in [5.74, 6) is 0.256. The van der Waals surface area contributed by atoms with Gasteiger partial charge in [0.25, 0.3) is 0 Å². The van der Waals surface area contributed by atoms with Crippen molar-refractivity contribution in [1.29, 1.82) is 0 Å². The number of Topliss-reactive ketones (excluding diaryl/α,β-unsaturated/α-hetero) is 1. The number of carbonyl (C=O) groups excluding carboxylic acids is 1. The van der Waals surface area contributed by atoms with Crippen LogP contribution >= 0.6 is 0 Å². The second kappa shape index (κ2) is 6.27. The van der Waals surface area contributed by atoms with Crippen molar-refractivity contribution in [3.63, 3.8) is 0 Å². The van der Waals surface area contributed by atoms with Crippen molar-refractivity contribution in [2.75, 3.05) is 13.1 Å². The summed E-state index contributed by atoms with van der Waals surface area (Å²) in [5.41, 5.74) is 1.06. The molecule has 0 amide bonds. The first-order valence-electron chi connectivity index (χ1n) is 4.95. The number of hydrogen-bond donors (Lipinski definition) is 1. The molecule has 14 heavy (non-hydrogen) atoms. The Labute approximate surface area is 84.6 Å². The average molecular weight is 192 g/mol. The summed E-state index contributed by atoms with van der Waals surface area (Å²) in [6.45, 7) is 3.16. The Hall–Kier alpha value is -1.22. The monoisotopic (exact) mass is 192 g/mol. The summed E-state index contributed by atoms with van der Waals surface area (Å²) in [6.07, 6.45) is 3.26. The van der Waals surface area contributed by atoms with E-state index in [2.05, 4.69) is 10.3 Å². The van der Waals surface area contributed by atoms with Gasteiger partial charge in [-0.15, -0.1) is 0 Å². The summed E-state index contributed by atoms with van der Waals surface area (Å²) in [7, 11) is 0. The molecular weight excluding hydrogens is 176 g/mol. The summed E-state index contributed by atoms with van der Waals surface area (Å²) in [6, 6.07) is 5.86. The normalized spacial score (nSPS) is 10.1. The van der Waals surface area contributed by atoms with Crippen LogP contribution in [0, 0.1) is 0 Å². The lowest BCUT2D eigenvalue weighted by Gasteiger charge is -2.02. The van der Waals surface area contributed by atoms with Crippen LogP contribution in [0.15, 0.2) is 24.4 Å². The molecule has 3 nitrogen and oxygen atoms in total. The summed E-state index contributed by atoms with van der Waals surface area (Å²) in [5, 5.41) is 3.10. The molecular formula is C11H16N2O. The summed E-state index contributed by atoms with van der Waals surface area (Å²) in [4.78, 5) is 15.1. The van der Waals surface area contributed by atoms with Crippen LogP contribution in [-0.4, -0.2) is 23.9 Å². The molecule has 0 aliphatic carbocycles. The Morgan fingerprint density at radius 1 is 1.50 bits per heavy atom. The molecule has 76 valence electrons. The van der Waals surface area contributed by atoms with Gasteiger partial charge in [0.1, 0.15) is 5.78 Å². The fourth-order valence-corrected chi connectivity index (χ4v) is 1.12. The van der Waals surface area contributed by atoms with Crippen LogP contribution in [0.4, 0.5) is 0 Å². The van der Waals surface area contributed by atoms with E-state index in [-0.39, 0.29) is 5.78 Å². The van der Waals surface area contributed by atoms with E-state index in [1.807, 2.05) is 25.1 Å². The fraction of sp³-hybridized carbons (Fsp3) is 0.455. The summed E-state index contributed by atoms with van der Waals surface area (Å²) >= 11 is 0. The number of hydrogen-bond acceptors (Lipinski definition) is 3. The van der Waals surface area contributed by atoms with E-state index in [9.17, 15) is 4.79 Å². The van der Waals surface area contributed by atoms with Gasteiger partial charge in [-0.25, -0.2) is 0 Å². The van der Waals surface area contributed by atoms with E-state index in [0.29, 0.717) is 13.0 Å². The van der Waals surface area contributed by atoms with Gasteiger partial charge in [0.2, 0.25) is 0 Å². The third kappa shape index (κ3) is 4.14. The number of carbonyl (C=O) groups is 1. The third-order valence-electron chi connectivity index (χ3n) is 2.00. The molecule has 0 atom stereocenters. The van der Waals surface area contributed by atoms with Crippen molar-refractivity contribution < 1.29 is 4.79 Å². The number of nitrogens with one attached hydrogen (secondary N) is 1. The Morgan fingerprint density at radius 2 is 2.36 bits per heavy atom. The van der Waals surface area contributed by atoms with Crippen molar-refractivity contribution in [2.24, 2.45) is 0 Å². The first-order chi connectivity index (χ1) is 6.83. The van der Waals surface area contributed by atoms with Crippen molar-refractivity contribution in [3.8, 4) is 0 Å². The summed E-state index contributed by atoms with van der Waals surface area (Å²) < 4.78 is 0. The predicted molar refractivity (Wildman–Crippen MR) is 56.1 cm³/mol. The quantitative estimate of drug-likeness (QED) is 0.688. The van der Waals surface area contributed by atoms with E-state index in [4.69, 9.17) is 0 Å². The van der Waals surface area contributed by atoms with Crippen LogP contribution in [0.2, 0.25) is 0 Å². The highest BCUT2D eigenvalue weighted by Gasteiger charge is 1.97. The molecule has 0 aromatic carbocycles. The number of rotatable bonds is 6. The molecule has 1 aromatic heterocycles. The Bertz CT molecular complexity index is 272. The molecule has 0 aliphatic heterocycles. The number of nitrogens with zero attached hydrogens (tertiary/aromatic N) is 1. The lowest BCUT2D eigenvalue weighted by Crippen LogP contribution is -2.24. The van der Waals surface area contributed by atoms with Crippen molar-refractivity contribution in [2.45, 2.75) is 19.8 Å². The molecule has 1 rings (SSSR count). The van der Waals surface area contributed by atoms with Crippen molar-refractivity contribution >= 4 is 5.78 Å². The van der Waals surface area contributed by atoms with Gasteiger partial charge in [0.15, 0.2) is 0 Å². The molecule has 1 N–H and O–H groups in total. The minimum atomic E-state index is 0.256. The Balaban J connectivity index is 2.13. The highest BCUT2D eigenvalue weighted by atomic mass is 16.1.